The van der Waals surface area contributed by atoms with Gasteiger partial charge in [0.05, 0.1) is 0 Å². The Morgan fingerprint density at radius 2 is 2.16 bits per heavy atom. The van der Waals surface area contributed by atoms with Crippen molar-refractivity contribution in [1.82, 2.24) is 15.5 Å². The van der Waals surface area contributed by atoms with Crippen LogP contribution in [0.1, 0.15) is 19.3 Å². The van der Waals surface area contributed by atoms with Crippen LogP contribution in [0, 0.1) is 5.92 Å². The van der Waals surface area contributed by atoms with E-state index in [2.05, 4.69) is 22.6 Å². The molecule has 1 fully saturated rings. The number of aliphatic hydroxyl groups excluding tert-OH is 1. The van der Waals surface area contributed by atoms with Crippen LogP contribution in [0.3, 0.4) is 0 Å². The Kier molecular flexibility index (Phi) is 6.58. The second-order valence-electron chi connectivity index (χ2n) is 5.05. The number of carboxylic acid groups (broad SMARTS) is 1. The first-order valence-corrected chi connectivity index (χ1v) is 6.60. The lowest BCUT2D eigenvalue weighted by Gasteiger charge is -2.29. The number of carbonyl (C=O) groups excluding carboxylic acids is 1. The number of hydrogen-bond acceptors (Lipinski definition) is 4. The molecular formula is C12H23N3O4. The molecule has 0 aromatic heterocycles. The molecule has 1 heterocycles. The van der Waals surface area contributed by atoms with Crippen LogP contribution >= 0.6 is 0 Å². The highest BCUT2D eigenvalue weighted by molar-refractivity contribution is 5.74. The summed E-state index contributed by atoms with van der Waals surface area (Å²) in [5, 5.41) is 22.8. The zero-order valence-corrected chi connectivity index (χ0v) is 11.3. The number of amides is 2. The molecular weight excluding hydrogens is 250 g/mol. The van der Waals surface area contributed by atoms with Gasteiger partial charge in [0, 0.05) is 26.1 Å². The van der Waals surface area contributed by atoms with Gasteiger partial charge in [-0.3, -0.25) is 0 Å². The average Bonchev–Trinajstić information content (AvgIpc) is 2.36. The number of urea groups is 1. The number of aliphatic hydroxyl groups is 1. The van der Waals surface area contributed by atoms with Crippen molar-refractivity contribution in [3.63, 3.8) is 0 Å². The van der Waals surface area contributed by atoms with Gasteiger partial charge >= 0.3 is 12.0 Å². The maximum Gasteiger partial charge on any atom is 0.332 e. The zero-order valence-electron chi connectivity index (χ0n) is 11.3. The average molecular weight is 273 g/mol. The van der Waals surface area contributed by atoms with E-state index in [4.69, 9.17) is 10.2 Å². The van der Waals surface area contributed by atoms with Gasteiger partial charge in [-0.15, -0.1) is 0 Å². The third-order valence-corrected chi connectivity index (χ3v) is 3.26. The lowest BCUT2D eigenvalue weighted by Crippen LogP contribution is -2.43. The second kappa shape index (κ2) is 7.96. The molecule has 0 spiro atoms. The standard InChI is InChI=1S/C12H23N3O4/c1-15-6-2-3-9(8-15)7-14-12(19)13-5-4-10(16)11(17)18/h9-10,16H,2-8H2,1H3,(H,17,18)(H2,13,14,19)/t9?,10-/m0/s1. The van der Waals surface area contributed by atoms with Crippen LogP contribution in [-0.4, -0.2) is 66.4 Å². The molecule has 0 saturated carbocycles. The lowest BCUT2D eigenvalue weighted by molar-refractivity contribution is -0.146. The predicted molar refractivity (Wildman–Crippen MR) is 69.9 cm³/mol. The van der Waals surface area contributed by atoms with Crippen molar-refractivity contribution in [2.45, 2.75) is 25.4 Å². The smallest absolute Gasteiger partial charge is 0.332 e. The number of nitrogens with zero attached hydrogens (tertiary/aromatic N) is 1. The number of nitrogens with one attached hydrogen (secondary N) is 2. The maximum absolute atomic E-state index is 11.5. The first kappa shape index (κ1) is 15.7. The molecule has 4 N–H and O–H groups in total. The third kappa shape index (κ3) is 6.40. The quantitative estimate of drug-likeness (QED) is 0.521. The number of carboxylic acids is 1. The van der Waals surface area contributed by atoms with Crippen molar-refractivity contribution >= 4 is 12.0 Å². The number of rotatable bonds is 6. The predicted octanol–water partition coefficient (Wildman–Crippen LogP) is -0.537. The molecule has 7 nitrogen and oxygen atoms in total. The molecule has 2 atom stereocenters. The summed E-state index contributed by atoms with van der Waals surface area (Å²) in [7, 11) is 2.07. The van der Waals surface area contributed by atoms with Crippen molar-refractivity contribution in [2.75, 3.05) is 33.2 Å². The summed E-state index contributed by atoms with van der Waals surface area (Å²) in [6.07, 6.45) is 0.847. The molecule has 0 bridgehead atoms. The van der Waals surface area contributed by atoms with Crippen LogP contribution in [0.2, 0.25) is 0 Å². The van der Waals surface area contributed by atoms with Gasteiger partial charge in [-0.2, -0.15) is 0 Å². The van der Waals surface area contributed by atoms with Crippen LogP contribution in [0.15, 0.2) is 0 Å². The van der Waals surface area contributed by atoms with Crippen LogP contribution in [0.5, 0.6) is 0 Å². The lowest BCUT2D eigenvalue weighted by atomic mass is 9.99. The van der Waals surface area contributed by atoms with Gasteiger partial charge in [-0.1, -0.05) is 0 Å². The van der Waals surface area contributed by atoms with Crippen molar-refractivity contribution in [2.24, 2.45) is 5.92 Å². The van der Waals surface area contributed by atoms with Gasteiger partial charge in [-0.25, -0.2) is 9.59 Å². The topological polar surface area (TPSA) is 102 Å². The van der Waals surface area contributed by atoms with Crippen LogP contribution in [0.25, 0.3) is 0 Å². The van der Waals surface area contributed by atoms with Crippen molar-refractivity contribution in [3.8, 4) is 0 Å². The molecule has 1 rings (SSSR count). The number of piperidine rings is 1. The van der Waals surface area contributed by atoms with E-state index in [1.807, 2.05) is 0 Å². The molecule has 1 saturated heterocycles. The zero-order chi connectivity index (χ0) is 14.3. The summed E-state index contributed by atoms with van der Waals surface area (Å²) in [6, 6.07) is -0.314. The summed E-state index contributed by atoms with van der Waals surface area (Å²) >= 11 is 0. The highest BCUT2D eigenvalue weighted by atomic mass is 16.4. The van der Waals surface area contributed by atoms with Crippen LogP contribution in [0.4, 0.5) is 4.79 Å². The highest BCUT2D eigenvalue weighted by Crippen LogP contribution is 2.13. The molecule has 0 aromatic carbocycles. The molecule has 110 valence electrons. The van der Waals surface area contributed by atoms with E-state index < -0.39 is 12.1 Å². The Bertz CT molecular complexity index is 311. The van der Waals surface area contributed by atoms with Gasteiger partial charge < -0.3 is 25.7 Å². The Hall–Kier alpha value is -1.34. The van der Waals surface area contributed by atoms with Gasteiger partial charge in [0.2, 0.25) is 0 Å². The number of aliphatic carboxylic acids is 1. The summed E-state index contributed by atoms with van der Waals surface area (Å²) in [5.74, 6) is -0.804. The third-order valence-electron chi connectivity index (χ3n) is 3.26. The molecule has 1 unspecified atom stereocenters. The fraction of sp³-hybridized carbons (Fsp3) is 0.833. The van der Waals surface area contributed by atoms with E-state index in [0.717, 1.165) is 25.9 Å². The summed E-state index contributed by atoms with van der Waals surface area (Å²) in [4.78, 5) is 24.1. The first-order valence-electron chi connectivity index (χ1n) is 6.60. The molecule has 0 radical (unpaired) electrons. The van der Waals surface area contributed by atoms with Gasteiger partial charge in [0.25, 0.3) is 0 Å². The summed E-state index contributed by atoms with van der Waals surface area (Å²) in [5.41, 5.74) is 0. The van der Waals surface area contributed by atoms with Gasteiger partial charge in [0.1, 0.15) is 0 Å². The minimum Gasteiger partial charge on any atom is -0.479 e. The van der Waals surface area contributed by atoms with E-state index in [-0.39, 0.29) is 19.0 Å². The SMILES string of the molecule is CN1CCCC(CNC(=O)NCC[C@H](O)C(=O)O)C1. The fourth-order valence-electron chi connectivity index (χ4n) is 2.19. The minimum atomic E-state index is -1.42. The molecule has 1 aliphatic rings. The van der Waals surface area contributed by atoms with Crippen LogP contribution < -0.4 is 10.6 Å². The van der Waals surface area contributed by atoms with Gasteiger partial charge in [0.15, 0.2) is 6.10 Å². The van der Waals surface area contributed by atoms with E-state index >= 15 is 0 Å². The minimum absolute atomic E-state index is 0.00885. The molecule has 7 heteroatoms. The van der Waals surface area contributed by atoms with Crippen molar-refractivity contribution in [1.29, 1.82) is 0 Å². The second-order valence-corrected chi connectivity index (χ2v) is 5.05. The molecule has 0 aliphatic carbocycles. The molecule has 1 aliphatic heterocycles. The van der Waals surface area contributed by atoms with E-state index in [1.54, 1.807) is 0 Å². The first-order chi connectivity index (χ1) is 8.99. The van der Waals surface area contributed by atoms with E-state index in [0.29, 0.717) is 12.5 Å². The molecule has 19 heavy (non-hydrogen) atoms. The van der Waals surface area contributed by atoms with E-state index in [9.17, 15) is 9.59 Å². The van der Waals surface area contributed by atoms with Crippen LogP contribution in [-0.2, 0) is 4.79 Å². The normalized spacial score (nSPS) is 21.7. The van der Waals surface area contributed by atoms with Crippen molar-refractivity contribution in [3.05, 3.63) is 0 Å². The summed E-state index contributed by atoms with van der Waals surface area (Å²) in [6.45, 7) is 2.86. The molecule has 0 aromatic rings. The largest absolute Gasteiger partial charge is 0.479 e. The Morgan fingerprint density at radius 3 is 2.79 bits per heavy atom. The highest BCUT2D eigenvalue weighted by Gasteiger charge is 2.18. The molecule has 2 amide bonds. The Balaban J connectivity index is 2.09. The number of likely N-dealkylation sites (tertiary alicyclic amines) is 1. The Labute approximate surface area is 113 Å². The van der Waals surface area contributed by atoms with Gasteiger partial charge in [-0.05, 0) is 32.4 Å². The number of carbonyl (C=O) groups is 2. The number of hydrogen-bond donors (Lipinski definition) is 4. The maximum atomic E-state index is 11.5. The fourth-order valence-corrected chi connectivity index (χ4v) is 2.19. The van der Waals surface area contributed by atoms with Crippen molar-refractivity contribution < 1.29 is 19.8 Å². The van der Waals surface area contributed by atoms with E-state index in [1.165, 1.54) is 0 Å². The summed E-state index contributed by atoms with van der Waals surface area (Å²) < 4.78 is 0. The Morgan fingerprint density at radius 1 is 1.42 bits per heavy atom. The monoisotopic (exact) mass is 273 g/mol.